The van der Waals surface area contributed by atoms with Crippen LogP contribution in [0.2, 0.25) is 0 Å². The van der Waals surface area contributed by atoms with Crippen molar-refractivity contribution in [1.29, 1.82) is 0 Å². The van der Waals surface area contributed by atoms with Crippen molar-refractivity contribution in [3.8, 4) is 0 Å². The number of amides is 1. The van der Waals surface area contributed by atoms with Crippen molar-refractivity contribution in [1.82, 2.24) is 4.90 Å². The molecule has 33 heavy (non-hydrogen) atoms. The fourth-order valence-corrected chi connectivity index (χ4v) is 6.33. The fourth-order valence-electron chi connectivity index (χ4n) is 4.70. The predicted octanol–water partition coefficient (Wildman–Crippen LogP) is 3.69. The number of hydrogen-bond donors (Lipinski definition) is 0. The van der Waals surface area contributed by atoms with Crippen LogP contribution in [0.4, 0.5) is 5.69 Å². The summed E-state index contributed by atoms with van der Waals surface area (Å²) in [6, 6.07) is 15.1. The number of benzene rings is 2. The Bertz CT molecular complexity index is 1250. The standard InChI is InChI=1S/C25H28N2O5S/c28-25(22-4-3-5-23(16-22)27-9-1-2-13-33(27,29)30)26-10-12-31-18-20(17-26)14-19-6-7-21-8-11-32-24(21)15-19/h3-8,11,15-16,20H,1-2,9-10,12-14,17-18H2/t20-/m1/s1. The van der Waals surface area contributed by atoms with Crippen LogP contribution >= 0.6 is 0 Å². The quantitative estimate of drug-likeness (QED) is 0.583. The van der Waals surface area contributed by atoms with Crippen molar-refractivity contribution in [3.05, 3.63) is 65.9 Å². The molecule has 0 spiro atoms. The van der Waals surface area contributed by atoms with E-state index in [2.05, 4.69) is 18.2 Å². The fraction of sp³-hybridized carbons (Fsp3) is 0.400. The van der Waals surface area contributed by atoms with Gasteiger partial charge in [-0.15, -0.1) is 0 Å². The molecule has 2 fully saturated rings. The number of anilines is 1. The molecule has 0 saturated carbocycles. The van der Waals surface area contributed by atoms with Gasteiger partial charge < -0.3 is 14.1 Å². The first kappa shape index (κ1) is 22.0. The normalized spacial score (nSPS) is 21.2. The lowest BCUT2D eigenvalue weighted by molar-refractivity contribution is 0.0737. The molecule has 2 saturated heterocycles. The molecule has 7 nitrogen and oxygen atoms in total. The highest BCUT2D eigenvalue weighted by atomic mass is 32.2. The SMILES string of the molecule is O=C(c1cccc(N2CCCCS2(=O)=O)c1)N1CCOC[C@H](Cc2ccc3ccoc3c2)C1. The molecule has 1 aromatic heterocycles. The third kappa shape index (κ3) is 4.77. The van der Waals surface area contributed by atoms with E-state index in [1.165, 1.54) is 4.31 Å². The summed E-state index contributed by atoms with van der Waals surface area (Å²) < 4.78 is 37.8. The topological polar surface area (TPSA) is 80.1 Å². The number of carbonyl (C=O) groups is 1. The Hall–Kier alpha value is -2.84. The van der Waals surface area contributed by atoms with Gasteiger partial charge in [0.1, 0.15) is 5.58 Å². The zero-order valence-corrected chi connectivity index (χ0v) is 19.3. The molecule has 2 aromatic carbocycles. The molecule has 1 atom stereocenters. The van der Waals surface area contributed by atoms with E-state index in [-0.39, 0.29) is 17.6 Å². The van der Waals surface area contributed by atoms with Gasteiger partial charge in [0.05, 0.1) is 30.9 Å². The van der Waals surface area contributed by atoms with E-state index in [9.17, 15) is 13.2 Å². The number of furan rings is 1. The first-order valence-electron chi connectivity index (χ1n) is 11.4. The molecule has 0 N–H and O–H groups in total. The number of rotatable bonds is 4. The Balaban J connectivity index is 1.32. The van der Waals surface area contributed by atoms with Gasteiger partial charge in [0, 0.05) is 36.5 Å². The van der Waals surface area contributed by atoms with Gasteiger partial charge in [0.25, 0.3) is 5.91 Å². The lowest BCUT2D eigenvalue weighted by Gasteiger charge is -2.29. The highest BCUT2D eigenvalue weighted by Gasteiger charge is 2.28. The van der Waals surface area contributed by atoms with Crippen molar-refractivity contribution in [3.63, 3.8) is 0 Å². The van der Waals surface area contributed by atoms with Crippen LogP contribution in [-0.4, -0.2) is 57.8 Å². The minimum absolute atomic E-state index is 0.0942. The van der Waals surface area contributed by atoms with Crippen LogP contribution in [0.25, 0.3) is 11.0 Å². The molecule has 3 heterocycles. The van der Waals surface area contributed by atoms with Gasteiger partial charge in [-0.05, 0) is 55.2 Å². The molecule has 5 rings (SSSR count). The molecule has 0 aliphatic carbocycles. The van der Waals surface area contributed by atoms with Crippen LogP contribution in [0.1, 0.15) is 28.8 Å². The van der Waals surface area contributed by atoms with E-state index >= 15 is 0 Å². The van der Waals surface area contributed by atoms with Crippen LogP contribution < -0.4 is 4.31 Å². The Morgan fingerprint density at radius 3 is 2.85 bits per heavy atom. The minimum Gasteiger partial charge on any atom is -0.464 e. The van der Waals surface area contributed by atoms with E-state index in [0.717, 1.165) is 29.4 Å². The summed E-state index contributed by atoms with van der Waals surface area (Å²) >= 11 is 0. The molecule has 2 aliphatic rings. The maximum absolute atomic E-state index is 13.4. The van der Waals surface area contributed by atoms with Crippen molar-refractivity contribution in [2.24, 2.45) is 5.92 Å². The summed E-state index contributed by atoms with van der Waals surface area (Å²) in [5.74, 6) is 0.220. The van der Waals surface area contributed by atoms with Gasteiger partial charge in [0.15, 0.2) is 0 Å². The smallest absolute Gasteiger partial charge is 0.254 e. The van der Waals surface area contributed by atoms with E-state index < -0.39 is 10.0 Å². The number of ether oxygens (including phenoxy) is 1. The van der Waals surface area contributed by atoms with Gasteiger partial charge in [-0.2, -0.15) is 0 Å². The van der Waals surface area contributed by atoms with Crippen molar-refractivity contribution in [2.75, 3.05) is 42.9 Å². The van der Waals surface area contributed by atoms with Gasteiger partial charge in [0.2, 0.25) is 10.0 Å². The summed E-state index contributed by atoms with van der Waals surface area (Å²) in [5.41, 5.74) is 3.08. The summed E-state index contributed by atoms with van der Waals surface area (Å²) in [7, 11) is -3.32. The molecule has 2 aliphatic heterocycles. The molecule has 0 unspecified atom stereocenters. The predicted molar refractivity (Wildman–Crippen MR) is 127 cm³/mol. The van der Waals surface area contributed by atoms with E-state index in [0.29, 0.717) is 50.5 Å². The van der Waals surface area contributed by atoms with E-state index in [4.69, 9.17) is 9.15 Å². The summed E-state index contributed by atoms with van der Waals surface area (Å²) in [6.07, 6.45) is 3.98. The van der Waals surface area contributed by atoms with Gasteiger partial charge in [-0.25, -0.2) is 8.42 Å². The van der Waals surface area contributed by atoms with Crippen LogP contribution in [0.5, 0.6) is 0 Å². The Labute approximate surface area is 194 Å². The second-order valence-electron chi connectivity index (χ2n) is 8.83. The molecule has 0 bridgehead atoms. The summed E-state index contributed by atoms with van der Waals surface area (Å²) in [4.78, 5) is 15.2. The maximum Gasteiger partial charge on any atom is 0.254 e. The Morgan fingerprint density at radius 1 is 1.06 bits per heavy atom. The average molecular weight is 469 g/mol. The molecular weight excluding hydrogens is 440 g/mol. The zero-order chi connectivity index (χ0) is 22.8. The highest BCUT2D eigenvalue weighted by molar-refractivity contribution is 7.92. The van der Waals surface area contributed by atoms with Crippen LogP contribution in [0.3, 0.4) is 0 Å². The van der Waals surface area contributed by atoms with Crippen molar-refractivity contribution in [2.45, 2.75) is 19.3 Å². The molecule has 0 radical (unpaired) electrons. The van der Waals surface area contributed by atoms with Crippen molar-refractivity contribution < 1.29 is 22.4 Å². The number of hydrogen-bond acceptors (Lipinski definition) is 5. The molecule has 1 amide bonds. The third-order valence-electron chi connectivity index (χ3n) is 6.40. The zero-order valence-electron chi connectivity index (χ0n) is 18.5. The van der Waals surface area contributed by atoms with Gasteiger partial charge in [-0.3, -0.25) is 9.10 Å². The summed E-state index contributed by atoms with van der Waals surface area (Å²) in [6.45, 7) is 2.63. The first-order chi connectivity index (χ1) is 16.0. The lowest BCUT2D eigenvalue weighted by Crippen LogP contribution is -2.38. The number of fused-ring (bicyclic) bond motifs is 1. The van der Waals surface area contributed by atoms with E-state index in [1.54, 1.807) is 30.5 Å². The summed E-state index contributed by atoms with van der Waals surface area (Å²) in [5, 5.41) is 1.07. The number of carbonyl (C=O) groups excluding carboxylic acids is 1. The monoisotopic (exact) mass is 468 g/mol. The second kappa shape index (κ2) is 9.19. The van der Waals surface area contributed by atoms with Crippen LogP contribution in [0.15, 0.2) is 59.2 Å². The Kier molecular flexibility index (Phi) is 6.12. The average Bonchev–Trinajstić information content (AvgIpc) is 3.16. The van der Waals surface area contributed by atoms with Crippen molar-refractivity contribution >= 4 is 32.6 Å². The van der Waals surface area contributed by atoms with Crippen LogP contribution in [-0.2, 0) is 21.2 Å². The largest absolute Gasteiger partial charge is 0.464 e. The molecule has 8 heteroatoms. The molecular formula is C25H28N2O5S. The van der Waals surface area contributed by atoms with E-state index in [1.807, 2.05) is 11.0 Å². The minimum atomic E-state index is -3.32. The molecule has 174 valence electrons. The highest BCUT2D eigenvalue weighted by Crippen LogP contribution is 2.26. The second-order valence-corrected chi connectivity index (χ2v) is 10.8. The van der Waals surface area contributed by atoms with Gasteiger partial charge in [-0.1, -0.05) is 18.2 Å². The number of sulfonamides is 1. The van der Waals surface area contributed by atoms with Gasteiger partial charge >= 0.3 is 0 Å². The first-order valence-corrected chi connectivity index (χ1v) is 13.0. The van der Waals surface area contributed by atoms with Crippen LogP contribution in [0, 0.1) is 5.92 Å². The Morgan fingerprint density at radius 2 is 1.97 bits per heavy atom. The molecule has 3 aromatic rings. The number of nitrogens with zero attached hydrogens (tertiary/aromatic N) is 2. The maximum atomic E-state index is 13.4. The third-order valence-corrected chi connectivity index (χ3v) is 8.27. The lowest BCUT2D eigenvalue weighted by atomic mass is 9.98.